The van der Waals surface area contributed by atoms with Crippen LogP contribution in [0.15, 0.2) is 24.3 Å². The third kappa shape index (κ3) is 3.37. The van der Waals surface area contributed by atoms with Gasteiger partial charge < -0.3 is 10.2 Å². The average Bonchev–Trinajstić information content (AvgIpc) is 3.27. The van der Waals surface area contributed by atoms with Crippen LogP contribution in [0.2, 0.25) is 0 Å². The number of anilines is 1. The number of benzene rings is 1. The summed E-state index contributed by atoms with van der Waals surface area (Å²) >= 11 is 0. The zero-order chi connectivity index (χ0) is 17.2. The second-order valence-electron chi connectivity index (χ2n) is 6.13. The van der Waals surface area contributed by atoms with Crippen molar-refractivity contribution < 1.29 is 13.2 Å². The summed E-state index contributed by atoms with van der Waals surface area (Å²) < 4.78 is 26.7. The molecular weight excluding hydrogens is 328 g/mol. The first-order valence-corrected chi connectivity index (χ1v) is 9.56. The Kier molecular flexibility index (Phi) is 4.73. The second-order valence-corrected chi connectivity index (χ2v) is 8.34. The molecule has 2 fully saturated rings. The molecule has 2 aliphatic heterocycles. The van der Waals surface area contributed by atoms with E-state index in [9.17, 15) is 13.2 Å². The Hall–Kier alpha value is -2.11. The van der Waals surface area contributed by atoms with Crippen LogP contribution < -0.4 is 5.32 Å². The quantitative estimate of drug-likeness (QED) is 0.897. The molecule has 8 heteroatoms. The maximum Gasteiger partial charge on any atom is 0.321 e. The number of hydrogen-bond acceptors (Lipinski definition) is 4. The van der Waals surface area contributed by atoms with E-state index in [2.05, 4.69) is 5.32 Å². The molecular formula is C16H20N4O3S. The van der Waals surface area contributed by atoms with Gasteiger partial charge in [-0.15, -0.1) is 0 Å². The highest BCUT2D eigenvalue weighted by molar-refractivity contribution is 7.89. The highest BCUT2D eigenvalue weighted by Crippen LogP contribution is 2.24. The molecule has 0 spiro atoms. The van der Waals surface area contributed by atoms with Gasteiger partial charge in [0.1, 0.15) is 0 Å². The smallest absolute Gasteiger partial charge is 0.321 e. The normalized spacial score (nSPS) is 21.6. The first-order valence-electron chi connectivity index (χ1n) is 8.06. The Labute approximate surface area is 141 Å². The van der Waals surface area contributed by atoms with E-state index in [4.69, 9.17) is 5.26 Å². The minimum absolute atomic E-state index is 0.211. The number of hydrogen-bond donors (Lipinski definition) is 1. The first-order chi connectivity index (χ1) is 11.5. The molecule has 2 aliphatic rings. The largest absolute Gasteiger partial charge is 0.323 e. The molecule has 0 saturated carbocycles. The molecule has 2 amide bonds. The van der Waals surface area contributed by atoms with Gasteiger partial charge in [0.15, 0.2) is 0 Å². The lowest BCUT2D eigenvalue weighted by atomic mass is 10.2. The summed E-state index contributed by atoms with van der Waals surface area (Å²) in [7, 11) is -3.32. The van der Waals surface area contributed by atoms with Gasteiger partial charge in [0, 0.05) is 31.9 Å². The number of nitrogens with zero attached hydrogens (tertiary/aromatic N) is 3. The molecule has 2 heterocycles. The van der Waals surface area contributed by atoms with Crippen molar-refractivity contribution in [2.75, 3.05) is 31.5 Å². The van der Waals surface area contributed by atoms with E-state index < -0.39 is 15.3 Å². The van der Waals surface area contributed by atoms with E-state index in [0.717, 1.165) is 12.8 Å². The lowest BCUT2D eigenvalue weighted by Crippen LogP contribution is -2.40. The predicted molar refractivity (Wildman–Crippen MR) is 89.9 cm³/mol. The summed E-state index contributed by atoms with van der Waals surface area (Å²) in [5.74, 6) is 0. The SMILES string of the molecule is N#Cc1cccc(NC(=O)N2CC[C@@H](S(=O)(=O)N3CCCC3)C2)c1. The molecule has 0 unspecified atom stereocenters. The van der Waals surface area contributed by atoms with Gasteiger partial charge in [-0.05, 0) is 37.5 Å². The maximum atomic E-state index is 12.6. The maximum absolute atomic E-state index is 12.6. The van der Waals surface area contributed by atoms with Gasteiger partial charge in [-0.25, -0.2) is 17.5 Å². The fourth-order valence-corrected chi connectivity index (χ4v) is 5.14. The number of urea groups is 1. The van der Waals surface area contributed by atoms with Crippen LogP contribution in [0.5, 0.6) is 0 Å². The summed E-state index contributed by atoms with van der Waals surface area (Å²) in [5.41, 5.74) is 0.994. The van der Waals surface area contributed by atoms with Crippen LogP contribution in [-0.4, -0.2) is 55.1 Å². The van der Waals surface area contributed by atoms with Crippen molar-refractivity contribution in [1.82, 2.24) is 9.21 Å². The van der Waals surface area contributed by atoms with Gasteiger partial charge in [-0.1, -0.05) is 6.07 Å². The van der Waals surface area contributed by atoms with Gasteiger partial charge in [-0.2, -0.15) is 5.26 Å². The van der Waals surface area contributed by atoms with Crippen LogP contribution in [0.4, 0.5) is 10.5 Å². The molecule has 128 valence electrons. The molecule has 2 saturated heterocycles. The Bertz CT molecular complexity index is 766. The molecule has 0 bridgehead atoms. The van der Waals surface area contributed by atoms with Crippen molar-refractivity contribution in [2.45, 2.75) is 24.5 Å². The van der Waals surface area contributed by atoms with E-state index in [1.165, 1.54) is 4.90 Å². The van der Waals surface area contributed by atoms with Gasteiger partial charge in [-0.3, -0.25) is 0 Å². The third-order valence-electron chi connectivity index (χ3n) is 4.52. The number of nitrogens with one attached hydrogen (secondary N) is 1. The lowest BCUT2D eigenvalue weighted by molar-refractivity contribution is 0.222. The topological polar surface area (TPSA) is 93.5 Å². The summed E-state index contributed by atoms with van der Waals surface area (Å²) in [6.45, 7) is 1.81. The van der Waals surface area contributed by atoms with Crippen LogP contribution in [0.1, 0.15) is 24.8 Å². The Morgan fingerprint density at radius 1 is 1.25 bits per heavy atom. The minimum atomic E-state index is -3.32. The first kappa shape index (κ1) is 16.7. The molecule has 7 nitrogen and oxygen atoms in total. The zero-order valence-electron chi connectivity index (χ0n) is 13.3. The van der Waals surface area contributed by atoms with E-state index in [0.29, 0.717) is 37.3 Å². The fourth-order valence-electron chi connectivity index (χ4n) is 3.18. The van der Waals surface area contributed by atoms with Gasteiger partial charge in [0.2, 0.25) is 10.0 Å². The summed E-state index contributed by atoms with van der Waals surface area (Å²) in [6.07, 6.45) is 2.28. The van der Waals surface area contributed by atoms with Gasteiger partial charge in [0.05, 0.1) is 16.9 Å². The summed E-state index contributed by atoms with van der Waals surface area (Å²) in [4.78, 5) is 13.9. The van der Waals surface area contributed by atoms with Crippen LogP contribution >= 0.6 is 0 Å². The molecule has 1 atom stereocenters. The minimum Gasteiger partial charge on any atom is -0.323 e. The molecule has 3 rings (SSSR count). The number of carbonyl (C=O) groups is 1. The Balaban J connectivity index is 1.62. The van der Waals surface area contributed by atoms with E-state index in [1.54, 1.807) is 28.6 Å². The molecule has 1 N–H and O–H groups in total. The average molecular weight is 348 g/mol. The van der Waals surface area contributed by atoms with Crippen LogP contribution in [0.3, 0.4) is 0 Å². The van der Waals surface area contributed by atoms with Crippen molar-refractivity contribution in [3.05, 3.63) is 29.8 Å². The summed E-state index contributed by atoms with van der Waals surface area (Å²) in [6, 6.07) is 8.33. The van der Waals surface area contributed by atoms with Crippen molar-refractivity contribution in [1.29, 1.82) is 5.26 Å². The fraction of sp³-hybridized carbons (Fsp3) is 0.500. The van der Waals surface area contributed by atoms with E-state index >= 15 is 0 Å². The molecule has 0 radical (unpaired) electrons. The molecule has 0 aliphatic carbocycles. The number of carbonyl (C=O) groups excluding carboxylic acids is 1. The number of likely N-dealkylation sites (tertiary alicyclic amines) is 1. The highest BCUT2D eigenvalue weighted by atomic mass is 32.2. The van der Waals surface area contributed by atoms with Crippen molar-refractivity contribution in [2.24, 2.45) is 0 Å². The Morgan fingerprint density at radius 2 is 2.00 bits per heavy atom. The highest BCUT2D eigenvalue weighted by Gasteiger charge is 2.39. The van der Waals surface area contributed by atoms with Gasteiger partial charge in [0.25, 0.3) is 0 Å². The predicted octanol–water partition coefficient (Wildman–Crippen LogP) is 1.59. The van der Waals surface area contributed by atoms with Crippen molar-refractivity contribution >= 4 is 21.7 Å². The standard InChI is InChI=1S/C16H20N4O3S/c17-11-13-4-3-5-14(10-13)18-16(21)19-9-6-15(12-19)24(22,23)20-7-1-2-8-20/h3-5,10,15H,1-2,6-9,12H2,(H,18,21)/t15-/m1/s1. The van der Waals surface area contributed by atoms with Crippen LogP contribution in [0.25, 0.3) is 0 Å². The van der Waals surface area contributed by atoms with Crippen LogP contribution in [-0.2, 0) is 10.0 Å². The lowest BCUT2D eigenvalue weighted by Gasteiger charge is -2.21. The Morgan fingerprint density at radius 3 is 2.71 bits per heavy atom. The molecule has 24 heavy (non-hydrogen) atoms. The number of amides is 2. The second kappa shape index (κ2) is 6.79. The van der Waals surface area contributed by atoms with E-state index in [-0.39, 0.29) is 12.6 Å². The third-order valence-corrected chi connectivity index (χ3v) is 6.83. The monoisotopic (exact) mass is 348 g/mol. The number of sulfonamides is 1. The van der Waals surface area contributed by atoms with Crippen molar-refractivity contribution in [3.63, 3.8) is 0 Å². The van der Waals surface area contributed by atoms with Crippen molar-refractivity contribution in [3.8, 4) is 6.07 Å². The molecule has 1 aromatic carbocycles. The zero-order valence-corrected chi connectivity index (χ0v) is 14.1. The molecule has 1 aromatic rings. The van der Waals surface area contributed by atoms with E-state index in [1.807, 2.05) is 6.07 Å². The number of rotatable bonds is 3. The van der Waals surface area contributed by atoms with Crippen LogP contribution in [0, 0.1) is 11.3 Å². The molecule has 0 aromatic heterocycles. The number of nitriles is 1. The van der Waals surface area contributed by atoms with Gasteiger partial charge >= 0.3 is 6.03 Å². The summed E-state index contributed by atoms with van der Waals surface area (Å²) in [5, 5.41) is 11.1.